The summed E-state index contributed by atoms with van der Waals surface area (Å²) in [6, 6.07) is 9.23. The third kappa shape index (κ3) is 4.16. The molecule has 0 unspecified atom stereocenters. The van der Waals surface area contributed by atoms with Gasteiger partial charge in [0.05, 0.1) is 30.1 Å². The molecular formula is C26H27BF3NO5. The van der Waals surface area contributed by atoms with Gasteiger partial charge in [0.15, 0.2) is 0 Å². The van der Waals surface area contributed by atoms with Gasteiger partial charge in [0, 0.05) is 17.5 Å². The van der Waals surface area contributed by atoms with Crippen molar-refractivity contribution in [2.45, 2.75) is 51.5 Å². The third-order valence-electron chi connectivity index (χ3n) is 7.36. The van der Waals surface area contributed by atoms with Crippen LogP contribution in [0.2, 0.25) is 0 Å². The molecule has 0 N–H and O–H groups in total. The van der Waals surface area contributed by atoms with Gasteiger partial charge in [0.25, 0.3) is 5.91 Å². The maximum absolute atomic E-state index is 12.9. The molecule has 1 saturated heterocycles. The molecule has 1 fully saturated rings. The molecule has 6 nitrogen and oxygen atoms in total. The molecule has 2 aliphatic rings. The van der Waals surface area contributed by atoms with Gasteiger partial charge in [0.2, 0.25) is 0 Å². The first-order chi connectivity index (χ1) is 16.8. The normalized spacial score (nSPS) is 19.2. The Kier molecular flexibility index (Phi) is 5.68. The molecule has 36 heavy (non-hydrogen) atoms. The van der Waals surface area contributed by atoms with Crippen LogP contribution in [0.1, 0.15) is 43.6 Å². The number of halogens is 3. The van der Waals surface area contributed by atoms with Crippen LogP contribution in [0.3, 0.4) is 0 Å². The quantitative estimate of drug-likeness (QED) is 0.473. The van der Waals surface area contributed by atoms with Gasteiger partial charge in [-0.15, -0.1) is 0 Å². The van der Waals surface area contributed by atoms with Gasteiger partial charge in [-0.1, -0.05) is 12.1 Å². The van der Waals surface area contributed by atoms with Crippen molar-refractivity contribution in [3.05, 3.63) is 47.7 Å². The molecule has 0 aliphatic carbocycles. The lowest BCUT2D eigenvalue weighted by molar-refractivity contribution is -0.141. The van der Waals surface area contributed by atoms with E-state index in [9.17, 15) is 18.0 Å². The Labute approximate surface area is 207 Å². The lowest BCUT2D eigenvalue weighted by Gasteiger charge is -2.32. The molecule has 2 aromatic carbocycles. The highest BCUT2D eigenvalue weighted by molar-refractivity contribution is 6.62. The van der Waals surface area contributed by atoms with Crippen molar-refractivity contribution in [3.8, 4) is 16.9 Å². The highest BCUT2D eigenvalue weighted by Crippen LogP contribution is 2.39. The fourth-order valence-electron chi connectivity index (χ4n) is 4.71. The van der Waals surface area contributed by atoms with Crippen molar-refractivity contribution in [2.24, 2.45) is 0 Å². The number of fused-ring (bicyclic) bond motifs is 2. The number of alkyl halides is 3. The Balaban J connectivity index is 1.49. The van der Waals surface area contributed by atoms with Crippen LogP contribution >= 0.6 is 0 Å². The number of benzene rings is 2. The van der Waals surface area contributed by atoms with E-state index in [2.05, 4.69) is 0 Å². The highest BCUT2D eigenvalue weighted by Gasteiger charge is 2.51. The zero-order chi connectivity index (χ0) is 26.0. The largest absolute Gasteiger partial charge is 0.496 e. The average molecular weight is 501 g/mol. The molecule has 0 atom stereocenters. The smallest absolute Gasteiger partial charge is 0.494 e. The van der Waals surface area contributed by atoms with Gasteiger partial charge in [-0.05, 0) is 68.9 Å². The number of carbonyl (C=O) groups excluding carboxylic acids is 1. The molecule has 0 bridgehead atoms. The van der Waals surface area contributed by atoms with Gasteiger partial charge >= 0.3 is 13.3 Å². The minimum atomic E-state index is -4.46. The predicted octanol–water partition coefficient (Wildman–Crippen LogP) is 4.97. The highest BCUT2D eigenvalue weighted by atomic mass is 19.4. The molecule has 10 heteroatoms. The number of furan rings is 1. The molecule has 0 radical (unpaired) electrons. The molecular weight excluding hydrogens is 474 g/mol. The number of hydrogen-bond acceptors (Lipinski definition) is 5. The Hall–Kier alpha value is -2.98. The summed E-state index contributed by atoms with van der Waals surface area (Å²) < 4.78 is 62.4. The second-order valence-corrected chi connectivity index (χ2v) is 10.3. The van der Waals surface area contributed by atoms with Gasteiger partial charge in [-0.25, -0.2) is 0 Å². The van der Waals surface area contributed by atoms with Crippen molar-refractivity contribution < 1.29 is 36.4 Å². The van der Waals surface area contributed by atoms with Crippen molar-refractivity contribution in [1.29, 1.82) is 0 Å². The monoisotopic (exact) mass is 501 g/mol. The Morgan fingerprint density at radius 3 is 2.42 bits per heavy atom. The number of rotatable bonds is 4. The maximum Gasteiger partial charge on any atom is 0.494 e. The summed E-state index contributed by atoms with van der Waals surface area (Å²) in [6.07, 6.45) is -2.54. The van der Waals surface area contributed by atoms with E-state index in [0.717, 1.165) is 26.9 Å². The number of methoxy groups -OCH3 is 1. The molecule has 0 saturated carbocycles. The van der Waals surface area contributed by atoms with Crippen molar-refractivity contribution >= 4 is 29.5 Å². The van der Waals surface area contributed by atoms with Gasteiger partial charge in [-0.2, -0.15) is 13.2 Å². The molecule has 3 heterocycles. The summed E-state index contributed by atoms with van der Waals surface area (Å²) >= 11 is 0. The second kappa shape index (κ2) is 8.28. The lowest BCUT2D eigenvalue weighted by atomic mass is 9.78. The first-order valence-electron chi connectivity index (χ1n) is 11.7. The summed E-state index contributed by atoms with van der Waals surface area (Å²) in [6.45, 7) is 6.68. The molecule has 2 aliphatic heterocycles. The van der Waals surface area contributed by atoms with E-state index >= 15 is 0 Å². The minimum absolute atomic E-state index is 0.0124. The molecule has 0 spiro atoms. The Morgan fingerprint density at radius 1 is 1.08 bits per heavy atom. The third-order valence-corrected chi connectivity index (χ3v) is 7.36. The van der Waals surface area contributed by atoms with E-state index in [-0.39, 0.29) is 17.9 Å². The summed E-state index contributed by atoms with van der Waals surface area (Å²) in [5, 5.41) is 0.845. The molecule has 5 rings (SSSR count). The van der Waals surface area contributed by atoms with E-state index in [4.69, 9.17) is 18.5 Å². The average Bonchev–Trinajstić information content (AvgIpc) is 3.31. The number of hydrogen-bond donors (Lipinski definition) is 0. The second-order valence-electron chi connectivity index (χ2n) is 10.3. The van der Waals surface area contributed by atoms with E-state index < -0.39 is 36.9 Å². The van der Waals surface area contributed by atoms with Gasteiger partial charge < -0.3 is 23.4 Å². The van der Waals surface area contributed by atoms with Crippen LogP contribution in [0.5, 0.6) is 5.75 Å². The zero-order valence-corrected chi connectivity index (χ0v) is 20.8. The standard InChI is InChI=1S/C26H27BF3NO5/c1-24(2)25(3,4)36-27(35-24)17-6-7-18-19(13-34-20(18)12-17)16-10-15-8-9-31(14-26(28,29)30)23(32)22(15)21(11-16)33-5/h6-7,10-13H,8-9,14H2,1-5H3. The molecule has 1 aromatic heterocycles. The van der Waals surface area contributed by atoms with Gasteiger partial charge in [-0.3, -0.25) is 4.79 Å². The summed E-state index contributed by atoms with van der Waals surface area (Å²) in [4.78, 5) is 13.7. The van der Waals surface area contributed by atoms with E-state index in [1.165, 1.54) is 7.11 Å². The number of nitrogens with zero attached hydrogens (tertiary/aromatic N) is 1. The van der Waals surface area contributed by atoms with Crippen molar-refractivity contribution in [1.82, 2.24) is 4.90 Å². The fraction of sp³-hybridized carbons (Fsp3) is 0.423. The van der Waals surface area contributed by atoms with Crippen LogP contribution < -0.4 is 10.2 Å². The zero-order valence-electron chi connectivity index (χ0n) is 20.8. The Morgan fingerprint density at radius 2 is 1.78 bits per heavy atom. The lowest BCUT2D eigenvalue weighted by Crippen LogP contribution is -2.43. The van der Waals surface area contributed by atoms with E-state index in [0.29, 0.717) is 17.6 Å². The predicted molar refractivity (Wildman–Crippen MR) is 130 cm³/mol. The van der Waals surface area contributed by atoms with Crippen LogP contribution in [-0.2, 0) is 15.7 Å². The van der Waals surface area contributed by atoms with Crippen LogP contribution in [-0.4, -0.2) is 55.5 Å². The number of ether oxygens (including phenoxy) is 1. The number of amides is 1. The Bertz CT molecular complexity index is 1310. The fourth-order valence-corrected chi connectivity index (χ4v) is 4.71. The van der Waals surface area contributed by atoms with Gasteiger partial charge in [0.1, 0.15) is 17.9 Å². The SMILES string of the molecule is COc1cc(-c2coc3cc(B4OC(C)(C)C(C)(C)O4)ccc23)cc2c1C(=O)N(CC(F)(F)F)CC2. The van der Waals surface area contributed by atoms with E-state index in [1.54, 1.807) is 12.3 Å². The van der Waals surface area contributed by atoms with Crippen molar-refractivity contribution in [3.63, 3.8) is 0 Å². The van der Waals surface area contributed by atoms with Crippen LogP contribution in [0.4, 0.5) is 13.2 Å². The van der Waals surface area contributed by atoms with Crippen molar-refractivity contribution in [2.75, 3.05) is 20.2 Å². The summed E-state index contributed by atoms with van der Waals surface area (Å²) in [5.41, 5.74) is 2.91. The maximum atomic E-state index is 12.9. The van der Waals surface area contributed by atoms with Crippen LogP contribution in [0.15, 0.2) is 41.0 Å². The molecule has 1 amide bonds. The summed E-state index contributed by atoms with van der Waals surface area (Å²) in [7, 11) is 0.877. The number of carbonyl (C=O) groups is 1. The molecule has 190 valence electrons. The van der Waals surface area contributed by atoms with Crippen LogP contribution in [0.25, 0.3) is 22.1 Å². The summed E-state index contributed by atoms with van der Waals surface area (Å²) in [5.74, 6) is -0.441. The first-order valence-corrected chi connectivity index (χ1v) is 11.7. The van der Waals surface area contributed by atoms with E-state index in [1.807, 2.05) is 52.0 Å². The molecule has 3 aromatic rings. The minimum Gasteiger partial charge on any atom is -0.496 e. The van der Waals surface area contributed by atoms with Crippen LogP contribution in [0, 0.1) is 0 Å². The first kappa shape index (κ1) is 24.7. The topological polar surface area (TPSA) is 61.1 Å².